The van der Waals surface area contributed by atoms with Crippen molar-refractivity contribution in [1.29, 1.82) is 0 Å². The van der Waals surface area contributed by atoms with Crippen molar-refractivity contribution in [3.8, 4) is 89.5 Å². The molecule has 4 heterocycles. The molecule has 0 spiro atoms. The number of hydrogen-bond donors (Lipinski definition) is 0. The molecule has 115 heavy (non-hydrogen) atoms. The van der Waals surface area contributed by atoms with Crippen LogP contribution in [-0.2, 0) is 40.9 Å². The maximum Gasteiger partial charge on any atom is 0.212 e. The second-order valence-electron chi connectivity index (χ2n) is 33.1. The van der Waals surface area contributed by atoms with Gasteiger partial charge in [0.05, 0.1) is 0 Å². The van der Waals surface area contributed by atoms with Crippen molar-refractivity contribution < 1.29 is 69.0 Å². The van der Waals surface area contributed by atoms with Gasteiger partial charge in [-0.15, -0.1) is 0 Å². The smallest absolute Gasteiger partial charge is 0.201 e. The van der Waals surface area contributed by atoms with Gasteiger partial charge in [-0.2, -0.15) is 0 Å². The van der Waals surface area contributed by atoms with Gasteiger partial charge in [0.15, 0.2) is 24.8 Å². The van der Waals surface area contributed by atoms with Crippen LogP contribution in [0.2, 0.25) is 0 Å². The molecule has 2 saturated carbocycles. The summed E-state index contributed by atoms with van der Waals surface area (Å²) >= 11 is 0. The molecular formula is C111H138N4+4. The summed E-state index contributed by atoms with van der Waals surface area (Å²) in [6.07, 6.45) is 11.6. The Morgan fingerprint density at radius 3 is 1.03 bits per heavy atom. The first-order chi connectivity index (χ1) is 69.3. The van der Waals surface area contributed by atoms with E-state index >= 15 is 0 Å². The lowest BCUT2D eigenvalue weighted by Crippen LogP contribution is -2.33. The molecular weight excluding hydrogens is 1390 g/mol. The third-order valence-corrected chi connectivity index (χ3v) is 22.0. The van der Waals surface area contributed by atoms with Crippen LogP contribution in [0.1, 0.15) is 294 Å². The van der Waals surface area contributed by atoms with Crippen LogP contribution in [0.15, 0.2) is 201 Å². The number of hydrogen-bond acceptors (Lipinski definition) is 0. The Labute approximate surface area is 747 Å². The van der Waals surface area contributed by atoms with E-state index in [0.29, 0.717) is 119 Å². The van der Waals surface area contributed by atoms with Crippen LogP contribution in [-0.4, -0.2) is 0 Å². The number of aryl methyl sites for hydroxylation is 14. The minimum atomic E-state index is -2.58. The van der Waals surface area contributed by atoms with Crippen LogP contribution in [0.5, 0.6) is 0 Å². The van der Waals surface area contributed by atoms with Crippen LogP contribution in [0.3, 0.4) is 0 Å². The number of aromatic nitrogens is 4. The normalized spacial score (nSPS) is 20.1. The molecule has 4 heteroatoms. The van der Waals surface area contributed by atoms with Crippen LogP contribution < -0.4 is 18.3 Å². The summed E-state index contributed by atoms with van der Waals surface area (Å²) in [4.78, 5) is 0. The average molecular weight is 1570 g/mol. The molecule has 0 bridgehead atoms. The SMILES string of the molecule is [2H]C([2H])([2H])c1ccccc1-c1c(C([2H])([2H])[2H])ccc(-c2cc(C([2H])([2H])C(C)(C)C)c(C([2H])(C)C)c[n+]2C)c1C.[2H]C([2H])([2H])c1ccccc1-c1c(C([2H])([2H])[2H])ccc(-c2cc(C([2H])([2H])C(C)(C)C)c(C([2H])([2H])[2H])c[n+]2C)c1C.[2H]C([2H])([2H])c1ccccc1-c1c(C([2H])([2H])[2H])ccc(-c2cc(C3([2H])CCCCC3)c(C([2H])([2H])[2H])c[n+]2C)c1C.[2H]C([2H])([2H])c1ccccc1-c1c(C([2H])([2H])[2H])ccc(-c2cc(C3([2H])CCCCC3)cc[n+]2C)c1C. The molecule has 12 aromatic rings. The highest BCUT2D eigenvalue weighted by atomic mass is 14.9. The van der Waals surface area contributed by atoms with Gasteiger partial charge in [0.25, 0.3) is 0 Å². The third kappa shape index (κ3) is 20.1. The summed E-state index contributed by atoms with van der Waals surface area (Å²) in [6, 6.07) is 47.8. The largest absolute Gasteiger partial charge is 0.212 e. The molecule has 0 saturated heterocycles. The topological polar surface area (TPSA) is 15.5 Å². The Morgan fingerprint density at radius 1 is 0.348 bits per heavy atom. The molecule has 4 aromatic heterocycles. The van der Waals surface area contributed by atoms with Gasteiger partial charge in [-0.3, -0.25) is 0 Å². The Morgan fingerprint density at radius 2 is 0.670 bits per heavy atom. The first kappa shape index (κ1) is 49.4. The first-order valence-electron chi connectivity index (χ1n) is 58.4. The molecule has 0 N–H and O–H groups in total. The second-order valence-corrected chi connectivity index (χ2v) is 33.1. The van der Waals surface area contributed by atoms with Crippen molar-refractivity contribution in [2.24, 2.45) is 39.0 Å². The van der Waals surface area contributed by atoms with Gasteiger partial charge in [-0.25, -0.2) is 18.3 Å². The third-order valence-electron chi connectivity index (χ3n) is 22.0. The van der Waals surface area contributed by atoms with E-state index < -0.39 is 110 Å². The standard InChI is InChI=1S/C29H38N.C28H34N.C27H32N.C27H34N/c1-19(2)26-18-30(9)27(16-23(26)17-29(6,7)8)25-15-14-21(4)28(22(25)5)24-13-11-10-12-20(24)3;1-19-11-9-10-14-24(19)28-20(2)15-16-25(22(28)4)27-17-26(21(3)18-29(27)5)23-12-7-6-8-13-23;1-19-10-8-9-13-24(19)27-20(2)14-15-25(21(27)3)26-18-23(16-17-28(26)4)22-11-6-5-7-12-22;1-18-11-9-10-12-23(18)26-19(2)13-14-24(21(26)4)25-15-22(16-27(5,6)7)20(3)17-28(25)8/h10-16,18-19H,17H2,1-9H3;9-11,14-18,23H,6-8,12-13H2,1-5H3;8-10,13-18,22H,5-7,11-12H2,1-4H3;9-15,17H,16H2,1-8H3/q4*+1/i3D3,4D3,17D2,19D;1D3,2D3,3D3,23D;1D3,2D3,22D;1D3,2D3,3D3,16D2. The van der Waals surface area contributed by atoms with Gasteiger partial charge in [-0.05, 0) is 321 Å². The summed E-state index contributed by atoms with van der Waals surface area (Å²) in [6.45, 7) is -3.57. The van der Waals surface area contributed by atoms with E-state index in [1.807, 2.05) is 69.3 Å². The number of benzene rings is 8. The van der Waals surface area contributed by atoms with Crippen LogP contribution in [0.4, 0.5) is 0 Å². The molecule has 0 atom stereocenters. The van der Waals surface area contributed by atoms with Crippen molar-refractivity contribution in [3.63, 3.8) is 0 Å². The highest BCUT2D eigenvalue weighted by Crippen LogP contribution is 2.44. The highest BCUT2D eigenvalue weighted by molar-refractivity contribution is 5.84. The Balaban J connectivity index is 0.000000192. The lowest BCUT2D eigenvalue weighted by Gasteiger charge is -2.23. The zero-order valence-electron chi connectivity index (χ0n) is 107. The predicted octanol–water partition coefficient (Wildman–Crippen LogP) is 28.1. The highest BCUT2D eigenvalue weighted by Gasteiger charge is 2.29. The molecule has 598 valence electrons. The minimum Gasteiger partial charge on any atom is -0.201 e. The van der Waals surface area contributed by atoms with E-state index in [0.717, 1.165) is 68.2 Å². The fourth-order valence-corrected chi connectivity index (χ4v) is 16.2. The van der Waals surface area contributed by atoms with E-state index in [2.05, 4.69) is 6.07 Å². The summed E-state index contributed by atoms with van der Waals surface area (Å²) < 4.78 is 314. The van der Waals surface area contributed by atoms with Crippen LogP contribution in [0.25, 0.3) is 89.5 Å². The molecule has 0 amide bonds. The number of pyridine rings is 4. The Bertz CT molecular complexity index is 6840. The van der Waals surface area contributed by atoms with E-state index in [1.165, 1.54) is 48.7 Å². The molecule has 0 unspecified atom stereocenters. The monoisotopic (exact) mass is 1560 g/mol. The maximum absolute atomic E-state index is 9.26. The lowest BCUT2D eigenvalue weighted by molar-refractivity contribution is -0.661. The number of nitrogens with zero attached hydrogens (tertiary/aromatic N) is 4. The van der Waals surface area contributed by atoms with E-state index in [9.17, 15) is 1.37 Å². The fourth-order valence-electron chi connectivity index (χ4n) is 16.2. The van der Waals surface area contributed by atoms with Gasteiger partial charge >= 0.3 is 0 Å². The number of rotatable bonds is 13. The Hall–Kier alpha value is -9.64. The van der Waals surface area contributed by atoms with Crippen molar-refractivity contribution in [2.45, 2.75) is 246 Å². The van der Waals surface area contributed by atoms with E-state index in [4.69, 9.17) is 49.3 Å². The van der Waals surface area contributed by atoms with Gasteiger partial charge < -0.3 is 0 Å². The maximum atomic E-state index is 9.26. The zero-order chi connectivity index (χ0) is 114. The first-order valence-corrected chi connectivity index (χ1v) is 39.9. The molecule has 14 rings (SSSR count). The quantitative estimate of drug-likeness (QED) is 0.102. The predicted molar refractivity (Wildman–Crippen MR) is 492 cm³/mol. The van der Waals surface area contributed by atoms with Gasteiger partial charge in [0.2, 0.25) is 22.8 Å². The van der Waals surface area contributed by atoms with Gasteiger partial charge in [0, 0.05) is 120 Å². The average Bonchev–Trinajstić information content (AvgIpc) is 0.719. The second kappa shape index (κ2) is 37.1. The van der Waals surface area contributed by atoms with Gasteiger partial charge in [-0.1, -0.05) is 215 Å². The lowest BCUT2D eigenvalue weighted by atomic mass is 9.82. The van der Waals surface area contributed by atoms with Crippen LogP contribution >= 0.6 is 0 Å². The van der Waals surface area contributed by atoms with E-state index in [-0.39, 0.29) is 72.3 Å². The van der Waals surface area contributed by atoms with Crippen molar-refractivity contribution >= 4 is 0 Å². The molecule has 2 aliphatic carbocycles. The van der Waals surface area contributed by atoms with Crippen molar-refractivity contribution in [1.82, 2.24) is 0 Å². The van der Waals surface area contributed by atoms with Crippen molar-refractivity contribution in [3.05, 3.63) is 306 Å². The van der Waals surface area contributed by atoms with Crippen molar-refractivity contribution in [2.75, 3.05) is 0 Å². The molecule has 2 aliphatic rings. The summed E-state index contributed by atoms with van der Waals surface area (Å²) in [5, 5.41) is 0. The molecule has 8 aromatic carbocycles. The summed E-state index contributed by atoms with van der Waals surface area (Å²) in [7, 11) is 7.13. The fraction of sp³-hybridized carbons (Fsp3) is 0.387. The summed E-state index contributed by atoms with van der Waals surface area (Å²) in [5.41, 5.74) is 11.6. The molecule has 4 nitrogen and oxygen atoms in total. The van der Waals surface area contributed by atoms with Crippen LogP contribution in [0, 0.1) is 107 Å². The zero-order valence-corrected chi connectivity index (χ0v) is 69.9. The minimum absolute atomic E-state index is 0.00698. The molecule has 0 aliphatic heterocycles. The summed E-state index contributed by atoms with van der Waals surface area (Å²) in [5.74, 6) is -2.73. The van der Waals surface area contributed by atoms with Gasteiger partial charge in [0.1, 0.15) is 28.2 Å². The van der Waals surface area contributed by atoms with E-state index in [1.54, 1.807) is 206 Å². The Kier molecular flexibility index (Phi) is 15.9. The molecule has 2 fully saturated rings. The molecule has 0 radical (unpaired) electrons.